The molecule has 5 nitrogen and oxygen atoms in total. The van der Waals surface area contributed by atoms with E-state index in [4.69, 9.17) is 4.98 Å². The van der Waals surface area contributed by atoms with Crippen LogP contribution in [-0.4, -0.2) is 20.4 Å². The predicted octanol–water partition coefficient (Wildman–Crippen LogP) is 6.48. The standard InChI is InChI=1S/C25H26N4OS2/c1-5-20-8-6-7-9-23(20)29(19(4)30)25-27-21(16-32-25)15-31-24-26-12-13-28(24)22-11-10-17(2)18(3)14-22/h6-14,16H,5,15H2,1-4H3. The van der Waals surface area contributed by atoms with Gasteiger partial charge in [0.25, 0.3) is 0 Å². The number of thioether (sulfide) groups is 1. The molecule has 0 unspecified atom stereocenters. The highest BCUT2D eigenvalue weighted by Gasteiger charge is 2.20. The van der Waals surface area contributed by atoms with Gasteiger partial charge in [-0.05, 0) is 55.2 Å². The number of benzene rings is 2. The van der Waals surface area contributed by atoms with Gasteiger partial charge in [-0.1, -0.05) is 43.0 Å². The van der Waals surface area contributed by atoms with E-state index in [2.05, 4.69) is 54.6 Å². The molecule has 164 valence electrons. The number of nitrogens with zero attached hydrogens (tertiary/aromatic N) is 4. The Bertz CT molecular complexity index is 1240. The van der Waals surface area contributed by atoms with Gasteiger partial charge in [0, 0.05) is 36.1 Å². The van der Waals surface area contributed by atoms with Crippen molar-refractivity contribution in [1.29, 1.82) is 0 Å². The third kappa shape index (κ3) is 4.64. The van der Waals surface area contributed by atoms with Crippen LogP contribution in [0, 0.1) is 13.8 Å². The van der Waals surface area contributed by atoms with Crippen molar-refractivity contribution in [3.05, 3.63) is 82.6 Å². The van der Waals surface area contributed by atoms with Crippen molar-refractivity contribution < 1.29 is 4.79 Å². The molecule has 0 aliphatic carbocycles. The molecule has 0 saturated heterocycles. The predicted molar refractivity (Wildman–Crippen MR) is 133 cm³/mol. The summed E-state index contributed by atoms with van der Waals surface area (Å²) in [6.45, 7) is 7.92. The molecule has 0 N–H and O–H groups in total. The first-order chi connectivity index (χ1) is 15.5. The van der Waals surface area contributed by atoms with Crippen molar-refractivity contribution >= 4 is 39.8 Å². The molecular weight excluding hydrogens is 436 g/mol. The molecular formula is C25H26N4OS2. The van der Waals surface area contributed by atoms with E-state index in [0.29, 0.717) is 10.9 Å². The van der Waals surface area contributed by atoms with E-state index in [1.807, 2.05) is 36.0 Å². The first-order valence-electron chi connectivity index (χ1n) is 10.5. The maximum Gasteiger partial charge on any atom is 0.230 e. The van der Waals surface area contributed by atoms with Gasteiger partial charge in [0.05, 0.1) is 11.4 Å². The van der Waals surface area contributed by atoms with E-state index in [9.17, 15) is 4.79 Å². The summed E-state index contributed by atoms with van der Waals surface area (Å²) in [6.07, 6.45) is 4.66. The van der Waals surface area contributed by atoms with Gasteiger partial charge in [0.2, 0.25) is 5.91 Å². The quantitative estimate of drug-likeness (QED) is 0.295. The van der Waals surface area contributed by atoms with Gasteiger partial charge in [0.15, 0.2) is 10.3 Å². The topological polar surface area (TPSA) is 51.0 Å². The van der Waals surface area contributed by atoms with Crippen LogP contribution in [0.15, 0.2) is 65.4 Å². The second-order valence-corrected chi connectivity index (χ2v) is 9.37. The molecule has 4 rings (SSSR count). The smallest absolute Gasteiger partial charge is 0.230 e. The normalized spacial score (nSPS) is 11.0. The lowest BCUT2D eigenvalue weighted by Crippen LogP contribution is -2.23. The summed E-state index contributed by atoms with van der Waals surface area (Å²) in [6, 6.07) is 14.4. The number of amides is 1. The highest BCUT2D eigenvalue weighted by molar-refractivity contribution is 7.98. The van der Waals surface area contributed by atoms with Crippen LogP contribution < -0.4 is 4.90 Å². The molecule has 0 aliphatic heterocycles. The molecule has 0 atom stereocenters. The largest absolute Gasteiger partial charge is 0.295 e. The zero-order valence-corrected chi connectivity index (χ0v) is 20.3. The Balaban J connectivity index is 1.54. The SMILES string of the molecule is CCc1ccccc1N(C(C)=O)c1nc(CSc2nccn2-c2ccc(C)c(C)c2)cs1. The van der Waals surface area contributed by atoms with Gasteiger partial charge in [0.1, 0.15) is 0 Å². The third-order valence-corrected chi connectivity index (χ3v) is 7.26. The van der Waals surface area contributed by atoms with E-state index in [-0.39, 0.29) is 5.91 Å². The van der Waals surface area contributed by atoms with Crippen LogP contribution in [0.25, 0.3) is 5.69 Å². The number of carbonyl (C=O) groups is 1. The Morgan fingerprint density at radius 2 is 1.97 bits per heavy atom. The monoisotopic (exact) mass is 462 g/mol. The first kappa shape index (κ1) is 22.3. The van der Waals surface area contributed by atoms with Crippen LogP contribution >= 0.6 is 23.1 Å². The van der Waals surface area contributed by atoms with E-state index in [1.54, 1.807) is 23.6 Å². The minimum absolute atomic E-state index is 0.0373. The molecule has 0 aliphatic rings. The fourth-order valence-corrected chi connectivity index (χ4v) is 5.36. The first-order valence-corrected chi connectivity index (χ1v) is 12.4. The summed E-state index contributed by atoms with van der Waals surface area (Å²) in [5.41, 5.74) is 6.60. The molecule has 2 aromatic carbocycles. The van der Waals surface area contributed by atoms with Gasteiger partial charge in [-0.3, -0.25) is 14.3 Å². The van der Waals surface area contributed by atoms with Crippen LogP contribution in [0.2, 0.25) is 0 Å². The van der Waals surface area contributed by atoms with Crippen LogP contribution in [0.1, 0.15) is 36.2 Å². The van der Waals surface area contributed by atoms with Crippen LogP contribution in [0.3, 0.4) is 0 Å². The van der Waals surface area contributed by atoms with Gasteiger partial charge in [-0.15, -0.1) is 11.3 Å². The van der Waals surface area contributed by atoms with Crippen LogP contribution in [0.4, 0.5) is 10.8 Å². The highest BCUT2D eigenvalue weighted by atomic mass is 32.2. The minimum atomic E-state index is -0.0373. The van der Waals surface area contributed by atoms with Gasteiger partial charge < -0.3 is 0 Å². The lowest BCUT2D eigenvalue weighted by molar-refractivity contribution is -0.115. The summed E-state index contributed by atoms with van der Waals surface area (Å²) >= 11 is 3.14. The number of hydrogen-bond donors (Lipinski definition) is 0. The summed E-state index contributed by atoms with van der Waals surface area (Å²) < 4.78 is 2.10. The molecule has 2 aromatic heterocycles. The molecule has 1 amide bonds. The minimum Gasteiger partial charge on any atom is -0.295 e. The van der Waals surface area contributed by atoms with Crippen molar-refractivity contribution in [1.82, 2.24) is 14.5 Å². The lowest BCUT2D eigenvalue weighted by Gasteiger charge is -2.20. The van der Waals surface area contributed by atoms with E-state index in [1.165, 1.54) is 22.5 Å². The summed E-state index contributed by atoms with van der Waals surface area (Å²) in [4.78, 5) is 23.5. The van der Waals surface area contributed by atoms with Gasteiger partial charge >= 0.3 is 0 Å². The molecule has 0 radical (unpaired) electrons. The molecule has 0 spiro atoms. The molecule has 7 heteroatoms. The van der Waals surface area contributed by atoms with Crippen molar-refractivity contribution in [2.75, 3.05) is 4.90 Å². The van der Waals surface area contributed by atoms with Crippen LogP contribution in [-0.2, 0) is 17.0 Å². The van der Waals surface area contributed by atoms with Gasteiger partial charge in [-0.2, -0.15) is 0 Å². The zero-order valence-electron chi connectivity index (χ0n) is 18.7. The van der Waals surface area contributed by atoms with Crippen LogP contribution in [0.5, 0.6) is 0 Å². The summed E-state index contributed by atoms with van der Waals surface area (Å²) in [7, 11) is 0. The van der Waals surface area contributed by atoms with Gasteiger partial charge in [-0.25, -0.2) is 9.97 Å². The van der Waals surface area contributed by atoms with Crippen molar-refractivity contribution in [3.63, 3.8) is 0 Å². The second-order valence-electron chi connectivity index (χ2n) is 7.60. The van der Waals surface area contributed by atoms with E-state index in [0.717, 1.165) is 34.2 Å². The molecule has 0 saturated carbocycles. The van der Waals surface area contributed by atoms with E-state index >= 15 is 0 Å². The highest BCUT2D eigenvalue weighted by Crippen LogP contribution is 2.33. The Kier molecular flexibility index (Phi) is 6.77. The number of hydrogen-bond acceptors (Lipinski definition) is 5. The molecule has 0 fully saturated rings. The number of thiazole rings is 1. The fourth-order valence-electron chi connectivity index (χ4n) is 3.51. The lowest BCUT2D eigenvalue weighted by atomic mass is 10.1. The fraction of sp³-hybridized carbons (Fsp3) is 0.240. The number of rotatable bonds is 7. The molecule has 2 heterocycles. The maximum atomic E-state index is 12.5. The number of carbonyl (C=O) groups excluding carboxylic acids is 1. The number of aryl methyl sites for hydroxylation is 3. The second kappa shape index (κ2) is 9.71. The number of anilines is 2. The summed E-state index contributed by atoms with van der Waals surface area (Å²) in [5, 5.41) is 3.64. The average Bonchev–Trinajstić information content (AvgIpc) is 3.44. The van der Waals surface area contributed by atoms with Crippen molar-refractivity contribution in [2.45, 2.75) is 45.0 Å². The van der Waals surface area contributed by atoms with Crippen molar-refractivity contribution in [2.24, 2.45) is 0 Å². The molecule has 32 heavy (non-hydrogen) atoms. The summed E-state index contributed by atoms with van der Waals surface area (Å²) in [5.74, 6) is 0.643. The Morgan fingerprint density at radius 3 is 2.72 bits per heavy atom. The maximum absolute atomic E-state index is 12.5. The van der Waals surface area contributed by atoms with E-state index < -0.39 is 0 Å². The Hall–Kier alpha value is -2.90. The van der Waals surface area contributed by atoms with Crippen molar-refractivity contribution in [3.8, 4) is 5.69 Å². The zero-order chi connectivity index (χ0) is 22.7. The molecule has 4 aromatic rings. The number of para-hydroxylation sites is 1. The molecule has 0 bridgehead atoms. The Labute approximate surface area is 197 Å². The number of imidazole rings is 1. The third-order valence-electron chi connectivity index (χ3n) is 5.38. The number of aromatic nitrogens is 3. The average molecular weight is 463 g/mol. The Morgan fingerprint density at radius 1 is 1.16 bits per heavy atom.